The van der Waals surface area contributed by atoms with Crippen LogP contribution in [0.25, 0.3) is 10.8 Å². The van der Waals surface area contributed by atoms with Crippen molar-refractivity contribution >= 4 is 32.7 Å². The highest BCUT2D eigenvalue weighted by Crippen LogP contribution is 2.29. The van der Waals surface area contributed by atoms with Crippen molar-refractivity contribution in [1.82, 2.24) is 14.5 Å². The molecule has 1 amide bonds. The largest absolute Gasteiger partial charge is 0.459 e. The first-order valence-electron chi connectivity index (χ1n) is 8.22. The highest BCUT2D eigenvalue weighted by atomic mass is 32.2. The number of aromatic amines is 1. The molecule has 0 unspecified atom stereocenters. The molecule has 2 heterocycles. The number of amides is 1. The number of hydrogen-bond donors (Lipinski definition) is 1. The van der Waals surface area contributed by atoms with Gasteiger partial charge < -0.3 is 4.74 Å². The average molecular weight is 399 g/mol. The van der Waals surface area contributed by atoms with Crippen LogP contribution in [0.3, 0.4) is 0 Å². The van der Waals surface area contributed by atoms with Gasteiger partial charge in [0.2, 0.25) is 0 Å². The Hall–Kier alpha value is -3.53. The van der Waals surface area contributed by atoms with Gasteiger partial charge in [-0.2, -0.15) is 5.10 Å². The molecule has 0 radical (unpaired) electrons. The number of H-pyrrole nitrogens is 1. The van der Waals surface area contributed by atoms with E-state index in [4.69, 9.17) is 4.74 Å². The summed E-state index contributed by atoms with van der Waals surface area (Å²) in [4.78, 5) is 36.4. The number of carbonyl (C=O) groups excluding carboxylic acids is 2. The number of carbonyl (C=O) groups is 2. The molecular formula is C18H13N3O6S. The Balaban J connectivity index is 1.51. The molecule has 2 aromatic carbocycles. The van der Waals surface area contributed by atoms with E-state index in [1.807, 2.05) is 0 Å². The van der Waals surface area contributed by atoms with E-state index < -0.39 is 27.5 Å². The number of rotatable bonds is 4. The zero-order valence-corrected chi connectivity index (χ0v) is 15.1. The molecule has 3 aromatic rings. The standard InChI is InChI=1S/C18H13N3O6S/c22-16-12-6-2-1-5-11(12)15(19-20-16)18(24)27-10-9-21-17(23)13-7-3-4-8-14(13)28(21,25)26/h1-8H,9-10H2,(H,20,22). The van der Waals surface area contributed by atoms with Gasteiger partial charge in [0, 0.05) is 5.39 Å². The Kier molecular flexibility index (Phi) is 4.19. The summed E-state index contributed by atoms with van der Waals surface area (Å²) < 4.78 is 30.7. The fraction of sp³-hybridized carbons (Fsp3) is 0.111. The number of fused-ring (bicyclic) bond motifs is 2. The number of benzene rings is 2. The van der Waals surface area contributed by atoms with Crippen molar-refractivity contribution in [3.63, 3.8) is 0 Å². The third-order valence-electron chi connectivity index (χ3n) is 4.33. The molecular weight excluding hydrogens is 386 g/mol. The lowest BCUT2D eigenvalue weighted by atomic mass is 10.1. The number of aromatic nitrogens is 2. The predicted molar refractivity (Wildman–Crippen MR) is 97.3 cm³/mol. The smallest absolute Gasteiger partial charge is 0.359 e. The van der Waals surface area contributed by atoms with Crippen LogP contribution in [0.5, 0.6) is 0 Å². The molecule has 142 valence electrons. The fourth-order valence-electron chi connectivity index (χ4n) is 3.01. The second-order valence-electron chi connectivity index (χ2n) is 5.96. The molecule has 0 bridgehead atoms. The lowest BCUT2D eigenvalue weighted by Gasteiger charge is -2.15. The van der Waals surface area contributed by atoms with E-state index in [0.29, 0.717) is 9.69 Å². The SMILES string of the molecule is O=C(OCCN1C(=O)c2ccccc2S1(=O)=O)c1n[nH]c(=O)c2ccccc12. The Bertz CT molecular complexity index is 1280. The molecule has 1 aliphatic rings. The van der Waals surface area contributed by atoms with E-state index in [9.17, 15) is 22.8 Å². The first-order valence-corrected chi connectivity index (χ1v) is 9.66. The summed E-state index contributed by atoms with van der Waals surface area (Å²) in [5.74, 6) is -1.51. The van der Waals surface area contributed by atoms with Gasteiger partial charge in [0.15, 0.2) is 5.69 Å². The van der Waals surface area contributed by atoms with Gasteiger partial charge in [0.1, 0.15) is 11.5 Å². The van der Waals surface area contributed by atoms with Crippen molar-refractivity contribution < 1.29 is 22.7 Å². The third kappa shape index (κ3) is 2.74. The number of sulfonamides is 1. The minimum absolute atomic E-state index is 0.0698. The maximum Gasteiger partial charge on any atom is 0.359 e. The second-order valence-corrected chi connectivity index (χ2v) is 7.79. The van der Waals surface area contributed by atoms with E-state index >= 15 is 0 Å². The number of hydrogen-bond acceptors (Lipinski definition) is 7. The summed E-state index contributed by atoms with van der Waals surface area (Å²) in [5.41, 5.74) is -0.463. The summed E-state index contributed by atoms with van der Waals surface area (Å²) in [6, 6.07) is 12.3. The number of nitrogens with zero attached hydrogens (tertiary/aromatic N) is 2. The van der Waals surface area contributed by atoms with Crippen LogP contribution in [0.2, 0.25) is 0 Å². The van der Waals surface area contributed by atoms with Crippen LogP contribution >= 0.6 is 0 Å². The third-order valence-corrected chi connectivity index (χ3v) is 6.17. The quantitative estimate of drug-likeness (QED) is 0.647. The first-order chi connectivity index (χ1) is 13.4. The Morgan fingerprint density at radius 1 is 1.04 bits per heavy atom. The maximum absolute atomic E-state index is 12.5. The van der Waals surface area contributed by atoms with E-state index in [2.05, 4.69) is 10.2 Å². The van der Waals surface area contributed by atoms with Crippen molar-refractivity contribution in [2.75, 3.05) is 13.2 Å². The Morgan fingerprint density at radius 2 is 1.71 bits per heavy atom. The van der Waals surface area contributed by atoms with Crippen LogP contribution in [0.15, 0.2) is 58.2 Å². The zero-order chi connectivity index (χ0) is 19.9. The predicted octanol–water partition coefficient (Wildman–Crippen LogP) is 0.925. The van der Waals surface area contributed by atoms with Crippen LogP contribution < -0.4 is 5.56 Å². The van der Waals surface area contributed by atoms with Crippen LogP contribution in [0.1, 0.15) is 20.8 Å². The highest BCUT2D eigenvalue weighted by molar-refractivity contribution is 7.90. The monoisotopic (exact) mass is 399 g/mol. The van der Waals surface area contributed by atoms with Gasteiger partial charge in [0.05, 0.1) is 17.5 Å². The summed E-state index contributed by atoms with van der Waals surface area (Å²) in [6.07, 6.45) is 0. The molecule has 10 heteroatoms. The fourth-order valence-corrected chi connectivity index (χ4v) is 4.56. The molecule has 1 aliphatic heterocycles. The lowest BCUT2D eigenvalue weighted by Crippen LogP contribution is -2.33. The number of ether oxygens (including phenoxy) is 1. The molecule has 0 spiro atoms. The van der Waals surface area contributed by atoms with Gasteiger partial charge in [-0.15, -0.1) is 0 Å². The van der Waals surface area contributed by atoms with Crippen molar-refractivity contribution in [1.29, 1.82) is 0 Å². The average Bonchev–Trinajstić information content (AvgIpc) is 2.89. The van der Waals surface area contributed by atoms with Gasteiger partial charge >= 0.3 is 5.97 Å². The molecule has 0 aliphatic carbocycles. The highest BCUT2D eigenvalue weighted by Gasteiger charge is 2.40. The minimum Gasteiger partial charge on any atom is -0.459 e. The summed E-state index contributed by atoms with van der Waals surface area (Å²) in [6.45, 7) is -0.685. The molecule has 0 fully saturated rings. The van der Waals surface area contributed by atoms with Crippen LogP contribution in [-0.4, -0.2) is 47.9 Å². The van der Waals surface area contributed by atoms with Crippen LogP contribution in [-0.2, 0) is 14.8 Å². The summed E-state index contributed by atoms with van der Waals surface area (Å²) in [5, 5.41) is 6.53. The molecule has 1 N–H and O–H groups in total. The van der Waals surface area contributed by atoms with Crippen molar-refractivity contribution in [3.05, 3.63) is 70.1 Å². The number of esters is 1. The molecule has 4 rings (SSSR count). The summed E-state index contributed by atoms with van der Waals surface area (Å²) in [7, 11) is -3.97. The maximum atomic E-state index is 12.5. The van der Waals surface area contributed by atoms with E-state index in [1.54, 1.807) is 30.3 Å². The molecule has 1 aromatic heterocycles. The Morgan fingerprint density at radius 3 is 2.46 bits per heavy atom. The van der Waals surface area contributed by atoms with Gasteiger partial charge in [0.25, 0.3) is 21.5 Å². The zero-order valence-electron chi connectivity index (χ0n) is 14.3. The molecule has 0 saturated carbocycles. The van der Waals surface area contributed by atoms with Crippen molar-refractivity contribution in [2.24, 2.45) is 0 Å². The minimum atomic E-state index is -3.97. The van der Waals surface area contributed by atoms with Gasteiger partial charge in [-0.3, -0.25) is 9.59 Å². The first kappa shape index (κ1) is 17.9. The molecule has 28 heavy (non-hydrogen) atoms. The second kappa shape index (κ2) is 6.57. The van der Waals surface area contributed by atoms with E-state index in [-0.39, 0.29) is 34.7 Å². The topological polar surface area (TPSA) is 126 Å². The molecule has 9 nitrogen and oxygen atoms in total. The van der Waals surface area contributed by atoms with Gasteiger partial charge in [-0.05, 0) is 18.2 Å². The van der Waals surface area contributed by atoms with E-state index in [0.717, 1.165) is 0 Å². The van der Waals surface area contributed by atoms with Crippen molar-refractivity contribution in [2.45, 2.75) is 4.90 Å². The number of nitrogens with one attached hydrogen (secondary N) is 1. The Labute approximate surface area is 158 Å². The van der Waals surface area contributed by atoms with Crippen molar-refractivity contribution in [3.8, 4) is 0 Å². The molecule has 0 atom stereocenters. The van der Waals surface area contributed by atoms with Crippen LogP contribution in [0.4, 0.5) is 0 Å². The summed E-state index contributed by atoms with van der Waals surface area (Å²) >= 11 is 0. The van der Waals surface area contributed by atoms with E-state index in [1.165, 1.54) is 18.2 Å². The molecule has 0 saturated heterocycles. The van der Waals surface area contributed by atoms with Gasteiger partial charge in [-0.25, -0.2) is 22.6 Å². The van der Waals surface area contributed by atoms with Gasteiger partial charge in [-0.1, -0.05) is 30.3 Å². The lowest BCUT2D eigenvalue weighted by molar-refractivity contribution is 0.0472. The van der Waals surface area contributed by atoms with Crippen LogP contribution in [0, 0.1) is 0 Å². The normalized spacial score (nSPS) is 14.9.